The minimum absolute atomic E-state index is 0.567. The number of fused-ring (bicyclic) bond motifs is 1. The second-order valence-corrected chi connectivity index (χ2v) is 4.27. The molecule has 0 radical (unpaired) electrons. The van der Waals surface area contributed by atoms with E-state index in [0.29, 0.717) is 16.7 Å². The molecule has 0 saturated heterocycles. The van der Waals surface area contributed by atoms with Crippen molar-refractivity contribution in [3.05, 3.63) is 33.3 Å². The Morgan fingerprint density at radius 2 is 2.20 bits per heavy atom. The van der Waals surface area contributed by atoms with Crippen LogP contribution >= 0.6 is 23.2 Å². The first-order chi connectivity index (χ1) is 7.20. The van der Waals surface area contributed by atoms with Gasteiger partial charge in [-0.1, -0.05) is 23.2 Å². The standard InChI is InChI=1S/C11H11Cl2NO/c1-14-5-7-2-8-3-9(12)4-10(13)11(8)15-6-7/h2-4,14H,5-6H2,1H3. The van der Waals surface area contributed by atoms with E-state index in [1.54, 1.807) is 6.07 Å². The Kier molecular flexibility index (Phi) is 3.19. The molecule has 2 nitrogen and oxygen atoms in total. The number of halogens is 2. The van der Waals surface area contributed by atoms with E-state index in [9.17, 15) is 0 Å². The van der Waals surface area contributed by atoms with Crippen LogP contribution in [-0.4, -0.2) is 20.2 Å². The summed E-state index contributed by atoms with van der Waals surface area (Å²) < 4.78 is 5.58. The Morgan fingerprint density at radius 1 is 1.40 bits per heavy atom. The Morgan fingerprint density at radius 3 is 2.93 bits per heavy atom. The maximum Gasteiger partial charge on any atom is 0.145 e. The summed E-state index contributed by atoms with van der Waals surface area (Å²) in [6, 6.07) is 3.55. The van der Waals surface area contributed by atoms with E-state index < -0.39 is 0 Å². The molecule has 0 saturated carbocycles. The van der Waals surface area contributed by atoms with Crippen LogP contribution in [-0.2, 0) is 0 Å². The van der Waals surface area contributed by atoms with Gasteiger partial charge >= 0.3 is 0 Å². The fourth-order valence-electron chi connectivity index (χ4n) is 1.60. The molecule has 1 aliphatic rings. The summed E-state index contributed by atoms with van der Waals surface area (Å²) in [4.78, 5) is 0. The molecular weight excluding hydrogens is 233 g/mol. The van der Waals surface area contributed by atoms with Crippen molar-refractivity contribution in [2.75, 3.05) is 20.2 Å². The van der Waals surface area contributed by atoms with Crippen molar-refractivity contribution in [1.82, 2.24) is 5.32 Å². The van der Waals surface area contributed by atoms with Crippen LogP contribution in [0.4, 0.5) is 0 Å². The minimum atomic E-state index is 0.567. The topological polar surface area (TPSA) is 21.3 Å². The van der Waals surface area contributed by atoms with Gasteiger partial charge in [0.15, 0.2) is 0 Å². The highest BCUT2D eigenvalue weighted by Crippen LogP contribution is 2.36. The van der Waals surface area contributed by atoms with Crippen LogP contribution in [0, 0.1) is 0 Å². The highest BCUT2D eigenvalue weighted by Gasteiger charge is 2.14. The monoisotopic (exact) mass is 243 g/mol. The molecule has 0 unspecified atom stereocenters. The molecule has 1 aliphatic heterocycles. The lowest BCUT2D eigenvalue weighted by atomic mass is 10.1. The van der Waals surface area contributed by atoms with Crippen molar-refractivity contribution in [1.29, 1.82) is 0 Å². The van der Waals surface area contributed by atoms with Gasteiger partial charge in [0, 0.05) is 17.1 Å². The first-order valence-corrected chi connectivity index (χ1v) is 5.42. The van der Waals surface area contributed by atoms with Crippen LogP contribution < -0.4 is 10.1 Å². The highest BCUT2D eigenvalue weighted by molar-refractivity contribution is 6.36. The maximum atomic E-state index is 6.02. The van der Waals surface area contributed by atoms with Gasteiger partial charge in [-0.3, -0.25) is 0 Å². The van der Waals surface area contributed by atoms with Crippen LogP contribution in [0.1, 0.15) is 5.56 Å². The second kappa shape index (κ2) is 4.44. The van der Waals surface area contributed by atoms with Crippen molar-refractivity contribution in [3.8, 4) is 5.75 Å². The summed E-state index contributed by atoms with van der Waals surface area (Å²) in [7, 11) is 1.90. The van der Waals surface area contributed by atoms with Crippen molar-refractivity contribution in [2.45, 2.75) is 0 Å². The molecule has 1 N–H and O–H groups in total. The maximum absolute atomic E-state index is 6.02. The first-order valence-electron chi connectivity index (χ1n) is 4.66. The van der Waals surface area contributed by atoms with E-state index in [2.05, 4.69) is 11.4 Å². The Hall–Kier alpha value is -0.700. The molecule has 0 atom stereocenters. The average Bonchev–Trinajstić information content (AvgIpc) is 2.17. The third-order valence-corrected chi connectivity index (χ3v) is 2.70. The Balaban J connectivity index is 2.41. The first kappa shape index (κ1) is 10.8. The molecule has 0 spiro atoms. The van der Waals surface area contributed by atoms with Gasteiger partial charge in [-0.05, 0) is 30.8 Å². The van der Waals surface area contributed by atoms with Gasteiger partial charge < -0.3 is 10.1 Å². The molecule has 1 aromatic rings. The minimum Gasteiger partial charge on any atom is -0.487 e. The molecule has 0 amide bonds. The van der Waals surface area contributed by atoms with Crippen molar-refractivity contribution >= 4 is 29.3 Å². The molecule has 15 heavy (non-hydrogen) atoms. The highest BCUT2D eigenvalue weighted by atomic mass is 35.5. The lowest BCUT2D eigenvalue weighted by molar-refractivity contribution is 0.344. The van der Waals surface area contributed by atoms with Gasteiger partial charge in [0.2, 0.25) is 0 Å². The number of benzene rings is 1. The van der Waals surface area contributed by atoms with Crippen molar-refractivity contribution in [3.63, 3.8) is 0 Å². The number of ether oxygens (including phenoxy) is 1. The zero-order valence-electron chi connectivity index (χ0n) is 8.31. The molecule has 1 aromatic carbocycles. The molecule has 2 rings (SSSR count). The second-order valence-electron chi connectivity index (χ2n) is 3.43. The molecule has 0 fully saturated rings. The molecule has 0 aliphatic carbocycles. The van der Waals surface area contributed by atoms with Crippen LogP contribution in [0.5, 0.6) is 5.75 Å². The zero-order valence-corrected chi connectivity index (χ0v) is 9.82. The van der Waals surface area contributed by atoms with Crippen LogP contribution in [0.25, 0.3) is 6.08 Å². The summed E-state index contributed by atoms with van der Waals surface area (Å²) in [6.45, 7) is 1.39. The van der Waals surface area contributed by atoms with Crippen molar-refractivity contribution in [2.24, 2.45) is 0 Å². The smallest absolute Gasteiger partial charge is 0.145 e. The van der Waals surface area contributed by atoms with Crippen molar-refractivity contribution < 1.29 is 4.74 Å². The molecule has 0 bridgehead atoms. The molecule has 4 heteroatoms. The predicted octanol–water partition coefficient (Wildman–Crippen LogP) is 2.99. The largest absolute Gasteiger partial charge is 0.487 e. The van der Waals surface area contributed by atoms with Gasteiger partial charge in [-0.15, -0.1) is 0 Å². The Bertz CT molecular complexity index is 415. The molecule has 1 heterocycles. The fourth-order valence-corrected chi connectivity index (χ4v) is 2.16. The average molecular weight is 244 g/mol. The van der Waals surface area contributed by atoms with E-state index in [4.69, 9.17) is 27.9 Å². The molecular formula is C11H11Cl2NO. The van der Waals surface area contributed by atoms with Gasteiger partial charge in [-0.25, -0.2) is 0 Å². The summed E-state index contributed by atoms with van der Waals surface area (Å²) >= 11 is 11.9. The van der Waals surface area contributed by atoms with Crippen LogP contribution in [0.3, 0.4) is 0 Å². The third kappa shape index (κ3) is 2.28. The summed E-state index contributed by atoms with van der Waals surface area (Å²) in [5.41, 5.74) is 2.13. The lowest BCUT2D eigenvalue weighted by Gasteiger charge is -2.19. The number of hydrogen-bond acceptors (Lipinski definition) is 2. The number of likely N-dealkylation sites (N-methyl/N-ethyl adjacent to an activating group) is 1. The van der Waals surface area contributed by atoms with E-state index >= 15 is 0 Å². The zero-order chi connectivity index (χ0) is 10.8. The van der Waals surface area contributed by atoms with Gasteiger partial charge in [0.05, 0.1) is 5.02 Å². The quantitative estimate of drug-likeness (QED) is 0.863. The van der Waals surface area contributed by atoms with Crippen LogP contribution in [0.2, 0.25) is 10.0 Å². The summed E-state index contributed by atoms with van der Waals surface area (Å²) in [5.74, 6) is 0.723. The van der Waals surface area contributed by atoms with E-state index in [1.807, 2.05) is 13.1 Å². The molecule has 80 valence electrons. The summed E-state index contributed by atoms with van der Waals surface area (Å²) in [5, 5.41) is 4.28. The summed E-state index contributed by atoms with van der Waals surface area (Å²) in [6.07, 6.45) is 2.06. The van der Waals surface area contributed by atoms with Crippen LogP contribution in [0.15, 0.2) is 17.7 Å². The lowest BCUT2D eigenvalue weighted by Crippen LogP contribution is -2.18. The fraction of sp³-hybridized carbons (Fsp3) is 0.273. The Labute approximate surface area is 98.8 Å². The van der Waals surface area contributed by atoms with E-state index in [0.717, 1.165) is 17.9 Å². The molecule has 0 aromatic heterocycles. The van der Waals surface area contributed by atoms with Gasteiger partial charge in [-0.2, -0.15) is 0 Å². The number of nitrogens with one attached hydrogen (secondary N) is 1. The van der Waals surface area contributed by atoms with Gasteiger partial charge in [0.1, 0.15) is 12.4 Å². The number of rotatable bonds is 2. The SMILES string of the molecule is CNCC1=Cc2cc(Cl)cc(Cl)c2OC1. The predicted molar refractivity (Wildman–Crippen MR) is 63.9 cm³/mol. The number of hydrogen-bond donors (Lipinski definition) is 1. The van der Waals surface area contributed by atoms with E-state index in [1.165, 1.54) is 5.57 Å². The van der Waals surface area contributed by atoms with Gasteiger partial charge in [0.25, 0.3) is 0 Å². The van der Waals surface area contributed by atoms with E-state index in [-0.39, 0.29) is 0 Å². The normalized spacial score (nSPS) is 14.2. The third-order valence-electron chi connectivity index (χ3n) is 2.20.